The largest absolute Gasteiger partial charge is 0.355 e. The maximum absolute atomic E-state index is 12.8. The minimum absolute atomic E-state index is 0.130. The number of nitrogens with one attached hydrogen (secondary N) is 1. The van der Waals surface area contributed by atoms with Gasteiger partial charge in [-0.05, 0) is 56.3 Å². The van der Waals surface area contributed by atoms with Crippen molar-refractivity contribution in [3.05, 3.63) is 16.4 Å². The number of rotatable bonds is 4. The molecule has 0 aliphatic heterocycles. The second kappa shape index (κ2) is 6.14. The molecule has 4 aliphatic carbocycles. The Labute approximate surface area is 146 Å². The average Bonchev–Trinajstić information content (AvgIpc) is 2.91. The van der Waals surface area contributed by atoms with Crippen LogP contribution in [0.2, 0.25) is 0 Å². The number of thiazole rings is 1. The van der Waals surface area contributed by atoms with Crippen LogP contribution in [0.4, 0.5) is 0 Å². The lowest BCUT2D eigenvalue weighted by Crippen LogP contribution is -2.53. The molecule has 130 valence electrons. The first-order chi connectivity index (χ1) is 11.5. The van der Waals surface area contributed by atoms with Gasteiger partial charge in [-0.2, -0.15) is 4.99 Å². The molecule has 0 radical (unpaired) electrons. The van der Waals surface area contributed by atoms with Gasteiger partial charge in [0.1, 0.15) is 0 Å². The summed E-state index contributed by atoms with van der Waals surface area (Å²) in [5.74, 6) is 2.31. The molecule has 4 saturated carbocycles. The Hall–Kier alpha value is -1.43. The van der Waals surface area contributed by atoms with Gasteiger partial charge in [-0.1, -0.05) is 0 Å². The highest BCUT2D eigenvalue weighted by molar-refractivity contribution is 7.07. The zero-order chi connectivity index (χ0) is 16.7. The normalized spacial score (nSPS) is 34.5. The Balaban J connectivity index is 1.33. The van der Waals surface area contributed by atoms with Crippen LogP contribution in [-0.2, 0) is 16.6 Å². The molecule has 1 aromatic heterocycles. The van der Waals surface area contributed by atoms with Gasteiger partial charge in [-0.25, -0.2) is 0 Å². The minimum atomic E-state index is -0.168. The molecule has 0 saturated heterocycles. The predicted molar refractivity (Wildman–Crippen MR) is 92.1 cm³/mol. The summed E-state index contributed by atoms with van der Waals surface area (Å²) < 4.78 is 1.83. The van der Waals surface area contributed by atoms with Gasteiger partial charge in [0, 0.05) is 37.0 Å². The molecule has 0 unspecified atom stereocenters. The zero-order valence-corrected chi connectivity index (χ0v) is 15.0. The van der Waals surface area contributed by atoms with Crippen molar-refractivity contribution in [3.63, 3.8) is 0 Å². The molecule has 0 aromatic carbocycles. The topological polar surface area (TPSA) is 63.5 Å². The molecule has 1 aromatic rings. The number of carbonyl (C=O) groups is 2. The first-order valence-electron chi connectivity index (χ1n) is 9.00. The number of hydrogen-bond donors (Lipinski definition) is 1. The van der Waals surface area contributed by atoms with E-state index in [1.807, 2.05) is 23.2 Å². The SMILES string of the molecule is Cn1ccsc1=NC(=O)CCNC(=O)C12CC3CC(CC(C3)C1)C2. The van der Waals surface area contributed by atoms with Crippen molar-refractivity contribution >= 4 is 23.2 Å². The molecule has 2 amide bonds. The zero-order valence-electron chi connectivity index (χ0n) is 14.2. The van der Waals surface area contributed by atoms with Gasteiger partial charge in [0.2, 0.25) is 11.8 Å². The van der Waals surface area contributed by atoms with E-state index in [-0.39, 0.29) is 23.7 Å². The van der Waals surface area contributed by atoms with Crippen LogP contribution in [0, 0.1) is 23.2 Å². The summed E-state index contributed by atoms with van der Waals surface area (Å²) in [6, 6.07) is 0. The quantitative estimate of drug-likeness (QED) is 0.908. The smallest absolute Gasteiger partial charge is 0.250 e. The number of hydrogen-bond acceptors (Lipinski definition) is 3. The third-order valence-corrected chi connectivity index (χ3v) is 6.97. The van der Waals surface area contributed by atoms with Crippen molar-refractivity contribution in [2.75, 3.05) is 6.54 Å². The van der Waals surface area contributed by atoms with Crippen LogP contribution in [0.5, 0.6) is 0 Å². The molecule has 5 nitrogen and oxygen atoms in total. The minimum Gasteiger partial charge on any atom is -0.355 e. The van der Waals surface area contributed by atoms with Crippen molar-refractivity contribution in [3.8, 4) is 0 Å². The van der Waals surface area contributed by atoms with Gasteiger partial charge in [0.25, 0.3) is 0 Å². The van der Waals surface area contributed by atoms with Crippen molar-refractivity contribution in [1.29, 1.82) is 0 Å². The lowest BCUT2D eigenvalue weighted by Gasteiger charge is -2.55. The summed E-state index contributed by atoms with van der Waals surface area (Å²) in [5.41, 5.74) is -0.130. The number of aryl methyl sites for hydroxylation is 1. The Bertz CT molecular complexity index is 683. The van der Waals surface area contributed by atoms with Crippen LogP contribution < -0.4 is 10.1 Å². The third kappa shape index (κ3) is 2.96. The Morgan fingerprint density at radius 1 is 1.25 bits per heavy atom. The molecule has 6 heteroatoms. The first-order valence-corrected chi connectivity index (χ1v) is 9.88. The molecule has 1 heterocycles. The molecule has 1 N–H and O–H groups in total. The van der Waals surface area contributed by atoms with Crippen LogP contribution >= 0.6 is 11.3 Å². The fourth-order valence-electron chi connectivity index (χ4n) is 5.46. The van der Waals surface area contributed by atoms with E-state index < -0.39 is 0 Å². The molecule has 0 atom stereocenters. The van der Waals surface area contributed by atoms with Gasteiger partial charge >= 0.3 is 0 Å². The van der Waals surface area contributed by atoms with Crippen molar-refractivity contribution in [2.24, 2.45) is 35.2 Å². The van der Waals surface area contributed by atoms with E-state index in [1.165, 1.54) is 30.6 Å². The predicted octanol–water partition coefficient (Wildman–Crippen LogP) is 2.24. The van der Waals surface area contributed by atoms with Crippen molar-refractivity contribution in [2.45, 2.75) is 44.9 Å². The highest BCUT2D eigenvalue weighted by Crippen LogP contribution is 2.60. The fourth-order valence-corrected chi connectivity index (χ4v) is 6.20. The van der Waals surface area contributed by atoms with E-state index in [0.717, 1.165) is 37.0 Å². The van der Waals surface area contributed by atoms with E-state index in [1.54, 1.807) is 0 Å². The Morgan fingerprint density at radius 2 is 1.88 bits per heavy atom. The molecule has 24 heavy (non-hydrogen) atoms. The van der Waals surface area contributed by atoms with E-state index in [4.69, 9.17) is 0 Å². The average molecular weight is 347 g/mol. The lowest BCUT2D eigenvalue weighted by atomic mass is 9.49. The number of nitrogens with zero attached hydrogens (tertiary/aromatic N) is 2. The van der Waals surface area contributed by atoms with Gasteiger partial charge in [0.05, 0.1) is 0 Å². The van der Waals surface area contributed by atoms with Gasteiger partial charge < -0.3 is 9.88 Å². The maximum Gasteiger partial charge on any atom is 0.250 e. The van der Waals surface area contributed by atoms with E-state index in [9.17, 15) is 9.59 Å². The highest BCUT2D eigenvalue weighted by atomic mass is 32.1. The van der Waals surface area contributed by atoms with E-state index >= 15 is 0 Å². The summed E-state index contributed by atoms with van der Waals surface area (Å²) in [4.78, 5) is 29.6. The van der Waals surface area contributed by atoms with Crippen LogP contribution in [0.1, 0.15) is 44.9 Å². The summed E-state index contributed by atoms with van der Waals surface area (Å²) in [6.07, 6.45) is 9.35. The summed E-state index contributed by atoms with van der Waals surface area (Å²) in [7, 11) is 1.87. The fraction of sp³-hybridized carbons (Fsp3) is 0.722. The van der Waals surface area contributed by atoms with Crippen molar-refractivity contribution in [1.82, 2.24) is 9.88 Å². The van der Waals surface area contributed by atoms with Crippen LogP contribution in [0.15, 0.2) is 16.6 Å². The van der Waals surface area contributed by atoms with Gasteiger partial charge in [0.15, 0.2) is 4.80 Å². The molecule has 5 rings (SSSR count). The molecule has 4 aliphatic rings. The van der Waals surface area contributed by atoms with Crippen LogP contribution in [0.25, 0.3) is 0 Å². The first kappa shape index (κ1) is 16.1. The van der Waals surface area contributed by atoms with Gasteiger partial charge in [-0.15, -0.1) is 11.3 Å². The Morgan fingerprint density at radius 3 is 2.42 bits per heavy atom. The number of amides is 2. The van der Waals surface area contributed by atoms with Crippen molar-refractivity contribution < 1.29 is 9.59 Å². The third-order valence-electron chi connectivity index (χ3n) is 6.12. The standard InChI is InChI=1S/C18H25N3O2S/c1-21-4-5-24-17(21)20-15(22)2-3-19-16(23)18-9-12-6-13(10-18)8-14(7-12)11-18/h4-5,12-14H,2-3,6-11H2,1H3,(H,19,23). The molecule has 4 fully saturated rings. The second-order valence-electron chi connectivity index (χ2n) is 8.01. The van der Waals surface area contributed by atoms with Gasteiger partial charge in [-0.3, -0.25) is 9.59 Å². The molecular weight excluding hydrogens is 322 g/mol. The summed E-state index contributed by atoms with van der Waals surface area (Å²) >= 11 is 1.44. The highest BCUT2D eigenvalue weighted by Gasteiger charge is 2.54. The Kier molecular flexibility index (Phi) is 4.11. The number of carbonyl (C=O) groups excluding carboxylic acids is 2. The summed E-state index contributed by atoms with van der Waals surface area (Å²) in [6.45, 7) is 0.401. The summed E-state index contributed by atoms with van der Waals surface area (Å²) in [5, 5.41) is 4.95. The van der Waals surface area contributed by atoms with Crippen LogP contribution in [0.3, 0.4) is 0 Å². The second-order valence-corrected chi connectivity index (χ2v) is 8.88. The van der Waals surface area contributed by atoms with E-state index in [0.29, 0.717) is 11.3 Å². The molecular formula is C18H25N3O2S. The lowest BCUT2D eigenvalue weighted by molar-refractivity contribution is -0.146. The monoisotopic (exact) mass is 347 g/mol. The van der Waals surface area contributed by atoms with E-state index in [2.05, 4.69) is 10.3 Å². The van der Waals surface area contributed by atoms with Crippen LogP contribution in [-0.4, -0.2) is 22.9 Å². The molecule has 0 spiro atoms. The maximum atomic E-state index is 12.8. The molecule has 4 bridgehead atoms. The number of aromatic nitrogens is 1.